The van der Waals surface area contributed by atoms with E-state index in [1.807, 2.05) is 0 Å². The molecule has 0 aliphatic carbocycles. The lowest BCUT2D eigenvalue weighted by molar-refractivity contribution is 0.00696. The second kappa shape index (κ2) is 7.42. The van der Waals surface area contributed by atoms with Crippen molar-refractivity contribution in [1.29, 1.82) is 0 Å². The molecule has 0 aliphatic rings. The predicted octanol–water partition coefficient (Wildman–Crippen LogP) is 4.80. The first kappa shape index (κ1) is 19.2. The lowest BCUT2D eigenvalue weighted by Gasteiger charge is -2.20. The van der Waals surface area contributed by atoms with Crippen LogP contribution in [-0.2, 0) is 9.47 Å². The number of carbonyl (C=O) groups excluding carboxylic acids is 2. The summed E-state index contributed by atoms with van der Waals surface area (Å²) in [7, 11) is 1.26. The Labute approximate surface area is 155 Å². The summed E-state index contributed by atoms with van der Waals surface area (Å²) in [5.41, 5.74) is 0.556. The molecule has 0 amide bonds. The fraction of sp³-hybridized carbons (Fsp3) is 0.278. The van der Waals surface area contributed by atoms with Gasteiger partial charge in [0.2, 0.25) is 0 Å². The lowest BCUT2D eigenvalue weighted by Crippen LogP contribution is -2.24. The van der Waals surface area contributed by atoms with Crippen molar-refractivity contribution in [2.45, 2.75) is 26.4 Å². The van der Waals surface area contributed by atoms with Gasteiger partial charge in [0.25, 0.3) is 0 Å². The zero-order chi connectivity index (χ0) is 18.8. The van der Waals surface area contributed by atoms with Crippen LogP contribution >= 0.6 is 23.2 Å². The van der Waals surface area contributed by atoms with Crippen molar-refractivity contribution in [2.75, 3.05) is 7.11 Å². The van der Waals surface area contributed by atoms with E-state index in [4.69, 9.17) is 32.7 Å². The first-order chi connectivity index (χ1) is 11.6. The van der Waals surface area contributed by atoms with Gasteiger partial charge in [0.15, 0.2) is 0 Å². The number of carbonyl (C=O) groups is 2. The maximum absolute atomic E-state index is 12.4. The third-order valence-electron chi connectivity index (χ3n) is 3.12. The van der Waals surface area contributed by atoms with E-state index in [9.17, 15) is 9.59 Å². The Bertz CT molecular complexity index is 828. The topological polar surface area (TPSA) is 65.5 Å². The molecule has 0 unspecified atom stereocenters. The normalized spacial score (nSPS) is 11.1. The number of esters is 2. The van der Waals surface area contributed by atoms with Gasteiger partial charge < -0.3 is 9.47 Å². The Morgan fingerprint density at radius 2 is 1.72 bits per heavy atom. The molecule has 0 fully saturated rings. The molecule has 0 saturated carbocycles. The SMILES string of the molecule is COC(=O)c1cc(Cl)cnc1-c1ccc(Cl)c(C(=O)OC(C)(C)C)c1. The smallest absolute Gasteiger partial charge is 0.340 e. The average Bonchev–Trinajstić information content (AvgIpc) is 2.53. The molecule has 0 aliphatic heterocycles. The molecular formula is C18H17Cl2NO4. The van der Waals surface area contributed by atoms with E-state index in [0.29, 0.717) is 16.3 Å². The van der Waals surface area contributed by atoms with E-state index < -0.39 is 17.5 Å². The van der Waals surface area contributed by atoms with Gasteiger partial charge in [-0.15, -0.1) is 0 Å². The van der Waals surface area contributed by atoms with Crippen LogP contribution in [0.4, 0.5) is 0 Å². The van der Waals surface area contributed by atoms with E-state index in [1.165, 1.54) is 25.4 Å². The van der Waals surface area contributed by atoms with Gasteiger partial charge in [-0.05, 0) is 39.0 Å². The minimum absolute atomic E-state index is 0.182. The molecule has 0 radical (unpaired) electrons. The Morgan fingerprint density at radius 3 is 2.32 bits per heavy atom. The summed E-state index contributed by atoms with van der Waals surface area (Å²) in [6.07, 6.45) is 1.41. The van der Waals surface area contributed by atoms with Crippen molar-refractivity contribution < 1.29 is 19.1 Å². The van der Waals surface area contributed by atoms with Gasteiger partial charge in [-0.2, -0.15) is 0 Å². The van der Waals surface area contributed by atoms with Crippen LogP contribution in [0.5, 0.6) is 0 Å². The fourth-order valence-corrected chi connectivity index (χ4v) is 2.45. The van der Waals surface area contributed by atoms with Gasteiger partial charge in [0.1, 0.15) is 5.60 Å². The van der Waals surface area contributed by atoms with Crippen molar-refractivity contribution in [3.05, 3.63) is 51.6 Å². The van der Waals surface area contributed by atoms with Crippen LogP contribution < -0.4 is 0 Å². The van der Waals surface area contributed by atoms with Gasteiger partial charge >= 0.3 is 11.9 Å². The Balaban J connectivity index is 2.54. The molecule has 1 heterocycles. The number of benzene rings is 1. The number of ether oxygens (including phenoxy) is 2. The van der Waals surface area contributed by atoms with E-state index in [1.54, 1.807) is 32.9 Å². The number of pyridine rings is 1. The molecular weight excluding hydrogens is 365 g/mol. The summed E-state index contributed by atoms with van der Waals surface area (Å²) in [6, 6.07) is 6.18. The minimum Gasteiger partial charge on any atom is -0.465 e. The van der Waals surface area contributed by atoms with Crippen molar-refractivity contribution >= 4 is 35.1 Å². The molecule has 1 aromatic carbocycles. The molecule has 0 saturated heterocycles. The van der Waals surface area contributed by atoms with Gasteiger partial charge in [0, 0.05) is 11.8 Å². The summed E-state index contributed by atoms with van der Waals surface area (Å²) in [5, 5.41) is 0.539. The first-order valence-corrected chi connectivity index (χ1v) is 8.15. The van der Waals surface area contributed by atoms with Crippen LogP contribution in [0.1, 0.15) is 41.5 Å². The molecule has 0 spiro atoms. The second-order valence-electron chi connectivity index (χ2n) is 6.24. The summed E-state index contributed by atoms with van der Waals surface area (Å²) in [6.45, 7) is 5.29. The van der Waals surface area contributed by atoms with Crippen molar-refractivity contribution in [3.63, 3.8) is 0 Å². The second-order valence-corrected chi connectivity index (χ2v) is 7.08. The minimum atomic E-state index is -0.661. The molecule has 1 aromatic heterocycles. The van der Waals surface area contributed by atoms with E-state index in [-0.39, 0.29) is 16.1 Å². The highest BCUT2D eigenvalue weighted by molar-refractivity contribution is 6.33. The number of hydrogen-bond acceptors (Lipinski definition) is 5. The molecule has 2 rings (SSSR count). The number of nitrogens with zero attached hydrogens (tertiary/aromatic N) is 1. The Hall–Kier alpha value is -2.11. The van der Waals surface area contributed by atoms with Gasteiger partial charge in [-0.3, -0.25) is 4.98 Å². The number of hydrogen-bond donors (Lipinski definition) is 0. The van der Waals surface area contributed by atoms with Crippen LogP contribution in [-0.4, -0.2) is 29.6 Å². The van der Waals surface area contributed by atoms with Crippen LogP contribution in [0.25, 0.3) is 11.3 Å². The summed E-state index contributed by atoms with van der Waals surface area (Å²) in [5.74, 6) is -1.15. The Morgan fingerprint density at radius 1 is 1.04 bits per heavy atom. The highest BCUT2D eigenvalue weighted by Gasteiger charge is 2.22. The first-order valence-electron chi connectivity index (χ1n) is 7.39. The molecule has 132 valence electrons. The highest BCUT2D eigenvalue weighted by Crippen LogP contribution is 2.29. The number of aromatic nitrogens is 1. The monoisotopic (exact) mass is 381 g/mol. The summed E-state index contributed by atoms with van der Waals surface area (Å²) in [4.78, 5) is 28.5. The van der Waals surface area contributed by atoms with Crippen molar-refractivity contribution in [1.82, 2.24) is 4.98 Å². The zero-order valence-corrected chi connectivity index (χ0v) is 15.7. The standard InChI is InChI=1S/C18H17Cl2NO4/c1-18(2,3)25-17(23)12-7-10(5-6-14(12)20)15-13(16(22)24-4)8-11(19)9-21-15/h5-9H,1-4H3. The molecule has 25 heavy (non-hydrogen) atoms. The van der Waals surface area contributed by atoms with Crippen LogP contribution in [0.2, 0.25) is 10.0 Å². The maximum Gasteiger partial charge on any atom is 0.340 e. The van der Waals surface area contributed by atoms with Gasteiger partial charge in [0.05, 0.1) is 34.0 Å². The van der Waals surface area contributed by atoms with Crippen LogP contribution in [0.15, 0.2) is 30.5 Å². The number of rotatable bonds is 3. The zero-order valence-electron chi connectivity index (χ0n) is 14.2. The van der Waals surface area contributed by atoms with E-state index >= 15 is 0 Å². The maximum atomic E-state index is 12.4. The molecule has 7 heteroatoms. The lowest BCUT2D eigenvalue weighted by atomic mass is 10.0. The molecule has 2 aromatic rings. The van der Waals surface area contributed by atoms with E-state index in [2.05, 4.69) is 4.98 Å². The van der Waals surface area contributed by atoms with Gasteiger partial charge in [-0.25, -0.2) is 9.59 Å². The van der Waals surface area contributed by atoms with E-state index in [0.717, 1.165) is 0 Å². The van der Waals surface area contributed by atoms with Crippen molar-refractivity contribution in [3.8, 4) is 11.3 Å². The Kier molecular flexibility index (Phi) is 5.70. The molecule has 0 N–H and O–H groups in total. The predicted molar refractivity (Wildman–Crippen MR) is 96.2 cm³/mol. The molecule has 0 atom stereocenters. The third kappa shape index (κ3) is 4.71. The third-order valence-corrected chi connectivity index (χ3v) is 3.65. The van der Waals surface area contributed by atoms with Crippen LogP contribution in [0, 0.1) is 0 Å². The average molecular weight is 382 g/mol. The van der Waals surface area contributed by atoms with Gasteiger partial charge in [-0.1, -0.05) is 29.3 Å². The number of methoxy groups -OCH3 is 1. The number of halogens is 2. The summed E-state index contributed by atoms with van der Waals surface area (Å²) < 4.78 is 10.1. The quantitative estimate of drug-likeness (QED) is 0.714. The summed E-state index contributed by atoms with van der Waals surface area (Å²) >= 11 is 12.0. The van der Waals surface area contributed by atoms with Crippen molar-refractivity contribution in [2.24, 2.45) is 0 Å². The van der Waals surface area contributed by atoms with Crippen LogP contribution in [0.3, 0.4) is 0 Å². The molecule has 5 nitrogen and oxygen atoms in total. The fourth-order valence-electron chi connectivity index (χ4n) is 2.10. The molecule has 0 bridgehead atoms. The highest BCUT2D eigenvalue weighted by atomic mass is 35.5. The largest absolute Gasteiger partial charge is 0.465 e.